The zero-order valence-corrected chi connectivity index (χ0v) is 11.7. The molecule has 0 bridgehead atoms. The lowest BCUT2D eigenvalue weighted by Gasteiger charge is -2.14. The molecule has 0 aliphatic carbocycles. The summed E-state index contributed by atoms with van der Waals surface area (Å²) >= 11 is 0. The number of hydrogen-bond donors (Lipinski definition) is 1. The third kappa shape index (κ3) is 3.87. The number of nitrogens with zero attached hydrogens (tertiary/aromatic N) is 1. The average molecular weight is 270 g/mol. The highest BCUT2D eigenvalue weighted by molar-refractivity contribution is 5.33. The van der Waals surface area contributed by atoms with Crippen molar-refractivity contribution in [2.75, 3.05) is 0 Å². The Morgan fingerprint density at radius 3 is 2.80 bits per heavy atom. The predicted molar refractivity (Wildman–Crippen MR) is 76.1 cm³/mol. The molecular weight excluding hydrogens is 252 g/mol. The summed E-state index contributed by atoms with van der Waals surface area (Å²) < 4.78 is 10.9. The van der Waals surface area contributed by atoms with Gasteiger partial charge >= 0.3 is 0 Å². The zero-order chi connectivity index (χ0) is 14.4. The largest absolute Gasteiger partial charge is 0.491 e. The quantitative estimate of drug-likeness (QED) is 0.873. The Bertz CT molecular complexity index is 570. The molecule has 2 aromatic rings. The Morgan fingerprint density at radius 2 is 2.15 bits per heavy atom. The van der Waals surface area contributed by atoms with E-state index in [9.17, 15) is 5.26 Å². The van der Waals surface area contributed by atoms with Crippen molar-refractivity contribution < 1.29 is 9.15 Å². The lowest BCUT2D eigenvalue weighted by atomic mass is 10.1. The molecule has 2 rings (SSSR count). The maximum atomic E-state index is 9.30. The number of nitrogens with one attached hydrogen (secondary N) is 1. The molecule has 0 saturated carbocycles. The van der Waals surface area contributed by atoms with Crippen LogP contribution in [0.3, 0.4) is 0 Å². The highest BCUT2D eigenvalue weighted by Crippen LogP contribution is 2.20. The molecule has 0 spiro atoms. The van der Waals surface area contributed by atoms with Crippen molar-refractivity contribution >= 4 is 0 Å². The number of rotatable bonds is 6. The van der Waals surface area contributed by atoms with Crippen LogP contribution in [0.2, 0.25) is 0 Å². The van der Waals surface area contributed by atoms with Gasteiger partial charge in [0.1, 0.15) is 17.6 Å². The van der Waals surface area contributed by atoms with Gasteiger partial charge in [-0.25, -0.2) is 0 Å². The number of furan rings is 1. The summed E-state index contributed by atoms with van der Waals surface area (Å²) in [6.07, 6.45) is 1.73. The molecule has 1 unspecified atom stereocenters. The second-order valence-electron chi connectivity index (χ2n) is 4.76. The van der Waals surface area contributed by atoms with Gasteiger partial charge in [0.2, 0.25) is 0 Å². The zero-order valence-electron chi connectivity index (χ0n) is 11.7. The average Bonchev–Trinajstić information content (AvgIpc) is 2.92. The molecule has 104 valence electrons. The monoisotopic (exact) mass is 270 g/mol. The molecule has 0 aliphatic heterocycles. The Balaban J connectivity index is 2.05. The van der Waals surface area contributed by atoms with Crippen molar-refractivity contribution in [1.29, 1.82) is 5.26 Å². The van der Waals surface area contributed by atoms with Gasteiger partial charge in [-0.2, -0.15) is 5.26 Å². The van der Waals surface area contributed by atoms with E-state index in [1.165, 1.54) is 0 Å². The Hall–Kier alpha value is -2.25. The van der Waals surface area contributed by atoms with Crippen LogP contribution in [0.4, 0.5) is 0 Å². The standard InChI is InChI=1S/C16H18N2O2/c1-12(2)20-14-6-3-5-13(9-14)16(10-17)18-11-15-7-4-8-19-15/h3-9,12,16,18H,11H2,1-2H3. The molecule has 1 heterocycles. The first-order valence-corrected chi connectivity index (χ1v) is 6.61. The normalized spacial score (nSPS) is 12.1. The smallest absolute Gasteiger partial charge is 0.121 e. The van der Waals surface area contributed by atoms with Crippen molar-refractivity contribution in [2.45, 2.75) is 32.5 Å². The lowest BCUT2D eigenvalue weighted by molar-refractivity contribution is 0.242. The third-order valence-corrected chi connectivity index (χ3v) is 2.75. The minimum atomic E-state index is -0.393. The first kappa shape index (κ1) is 14.2. The molecule has 1 atom stereocenters. The number of nitriles is 1. The third-order valence-electron chi connectivity index (χ3n) is 2.75. The van der Waals surface area contributed by atoms with E-state index in [4.69, 9.17) is 9.15 Å². The van der Waals surface area contributed by atoms with E-state index in [1.54, 1.807) is 6.26 Å². The minimum Gasteiger partial charge on any atom is -0.491 e. The predicted octanol–water partition coefficient (Wildman–Crippen LogP) is 3.42. The fourth-order valence-electron chi connectivity index (χ4n) is 1.89. The molecule has 1 N–H and O–H groups in total. The fourth-order valence-corrected chi connectivity index (χ4v) is 1.89. The fraction of sp³-hybridized carbons (Fsp3) is 0.312. The van der Waals surface area contributed by atoms with Crippen LogP contribution >= 0.6 is 0 Å². The van der Waals surface area contributed by atoms with Crippen LogP contribution in [0.25, 0.3) is 0 Å². The summed E-state index contributed by atoms with van der Waals surface area (Å²) in [5.74, 6) is 1.58. The van der Waals surface area contributed by atoms with E-state index < -0.39 is 6.04 Å². The van der Waals surface area contributed by atoms with Gasteiger partial charge < -0.3 is 9.15 Å². The van der Waals surface area contributed by atoms with Gasteiger partial charge in [-0.1, -0.05) is 12.1 Å². The summed E-state index contributed by atoms with van der Waals surface area (Å²) in [5, 5.41) is 12.5. The van der Waals surface area contributed by atoms with Crippen molar-refractivity contribution in [2.24, 2.45) is 0 Å². The number of ether oxygens (including phenoxy) is 1. The van der Waals surface area contributed by atoms with Crippen molar-refractivity contribution in [3.63, 3.8) is 0 Å². The molecule has 0 amide bonds. The highest BCUT2D eigenvalue weighted by Gasteiger charge is 2.11. The van der Waals surface area contributed by atoms with Crippen LogP contribution < -0.4 is 10.1 Å². The summed E-state index contributed by atoms with van der Waals surface area (Å²) in [7, 11) is 0. The van der Waals surface area contributed by atoms with E-state index in [-0.39, 0.29) is 6.10 Å². The molecular formula is C16H18N2O2. The van der Waals surface area contributed by atoms with Crippen molar-refractivity contribution in [3.8, 4) is 11.8 Å². The van der Waals surface area contributed by atoms with E-state index >= 15 is 0 Å². The first-order valence-electron chi connectivity index (χ1n) is 6.61. The van der Waals surface area contributed by atoms with Gasteiger partial charge in [0.25, 0.3) is 0 Å². The van der Waals surface area contributed by atoms with E-state index in [0.717, 1.165) is 17.1 Å². The maximum absolute atomic E-state index is 9.30. The summed E-state index contributed by atoms with van der Waals surface area (Å²) in [4.78, 5) is 0. The Morgan fingerprint density at radius 1 is 1.30 bits per heavy atom. The summed E-state index contributed by atoms with van der Waals surface area (Å²) in [5.41, 5.74) is 0.886. The Labute approximate surface area is 119 Å². The minimum absolute atomic E-state index is 0.113. The Kier molecular flexibility index (Phi) is 4.80. The van der Waals surface area contributed by atoms with Gasteiger partial charge in [0.05, 0.1) is 25.0 Å². The first-order chi connectivity index (χ1) is 9.69. The topological polar surface area (TPSA) is 58.2 Å². The van der Waals surface area contributed by atoms with Crippen LogP contribution in [0.5, 0.6) is 5.75 Å². The molecule has 0 radical (unpaired) electrons. The molecule has 4 nitrogen and oxygen atoms in total. The molecule has 1 aromatic carbocycles. The SMILES string of the molecule is CC(C)Oc1cccc(C(C#N)NCc2ccco2)c1. The molecule has 4 heteroatoms. The molecule has 0 saturated heterocycles. The highest BCUT2D eigenvalue weighted by atomic mass is 16.5. The molecule has 0 fully saturated rings. The van der Waals surface area contributed by atoms with Gasteiger partial charge in [0, 0.05) is 0 Å². The maximum Gasteiger partial charge on any atom is 0.121 e. The molecule has 1 aromatic heterocycles. The molecule has 20 heavy (non-hydrogen) atoms. The summed E-state index contributed by atoms with van der Waals surface area (Å²) in [6.45, 7) is 4.47. The van der Waals surface area contributed by atoms with Crippen LogP contribution in [-0.2, 0) is 6.54 Å². The van der Waals surface area contributed by atoms with Gasteiger partial charge in [-0.05, 0) is 43.7 Å². The van der Waals surface area contributed by atoms with E-state index in [1.807, 2.05) is 50.2 Å². The number of hydrogen-bond acceptors (Lipinski definition) is 4. The number of benzene rings is 1. The van der Waals surface area contributed by atoms with Crippen LogP contribution in [0, 0.1) is 11.3 Å². The van der Waals surface area contributed by atoms with Crippen LogP contribution in [-0.4, -0.2) is 6.10 Å². The lowest BCUT2D eigenvalue weighted by Crippen LogP contribution is -2.19. The van der Waals surface area contributed by atoms with Gasteiger partial charge in [-0.3, -0.25) is 5.32 Å². The van der Waals surface area contributed by atoms with E-state index in [0.29, 0.717) is 6.54 Å². The second-order valence-corrected chi connectivity index (χ2v) is 4.76. The second kappa shape index (κ2) is 6.78. The molecule has 0 aliphatic rings. The van der Waals surface area contributed by atoms with Gasteiger partial charge in [0.15, 0.2) is 0 Å². The van der Waals surface area contributed by atoms with Gasteiger partial charge in [-0.15, -0.1) is 0 Å². The van der Waals surface area contributed by atoms with Crippen LogP contribution in [0.15, 0.2) is 47.1 Å². The van der Waals surface area contributed by atoms with Crippen molar-refractivity contribution in [3.05, 3.63) is 54.0 Å². The van der Waals surface area contributed by atoms with Crippen LogP contribution in [0.1, 0.15) is 31.2 Å². The summed E-state index contributed by atoms with van der Waals surface area (Å²) in [6, 6.07) is 13.2. The van der Waals surface area contributed by atoms with Crippen molar-refractivity contribution in [1.82, 2.24) is 5.32 Å². The van der Waals surface area contributed by atoms with E-state index in [2.05, 4.69) is 11.4 Å².